The maximum Gasteiger partial charge on any atom is 0.155 e. The molecule has 0 saturated heterocycles. The van der Waals surface area contributed by atoms with E-state index in [9.17, 15) is 9.59 Å². The lowest BCUT2D eigenvalue weighted by Crippen LogP contribution is -2.55. The second-order valence-corrected chi connectivity index (χ2v) is 19.2. The third-order valence-corrected chi connectivity index (χ3v) is 18.2. The van der Waals surface area contributed by atoms with Crippen LogP contribution in [0.4, 0.5) is 0 Å². The van der Waals surface area contributed by atoms with Gasteiger partial charge in [-0.15, -0.1) is 0 Å². The second kappa shape index (κ2) is 12.2. The third kappa shape index (κ3) is 4.76. The number of hydrogen-bond acceptors (Lipinski definition) is 4. The number of fused-ring (bicyclic) bond motifs is 12. The van der Waals surface area contributed by atoms with Crippen LogP contribution in [0.1, 0.15) is 123 Å². The van der Waals surface area contributed by atoms with Crippen molar-refractivity contribution in [3.8, 4) is 0 Å². The third-order valence-electron chi connectivity index (χ3n) is 18.2. The molecule has 0 aromatic carbocycles. The first kappa shape index (κ1) is 33.5. The van der Waals surface area contributed by atoms with Gasteiger partial charge in [0, 0.05) is 23.7 Å². The molecule has 2 aliphatic heterocycles. The number of hydrogen-bond donors (Lipinski definition) is 0. The fourth-order valence-electron chi connectivity index (χ4n) is 16.0. The highest BCUT2D eigenvalue weighted by atomic mass is 16.5. The second-order valence-electron chi connectivity index (χ2n) is 19.2. The quantitative estimate of drug-likeness (QED) is 0.277. The zero-order valence-electron chi connectivity index (χ0n) is 31.5. The average molecular weight is 691 g/mol. The molecule has 13 atom stereocenters. The summed E-state index contributed by atoms with van der Waals surface area (Å²) in [5, 5.41) is 0. The molecule has 0 N–H and O–H groups in total. The molecule has 0 aromatic rings. The molecule has 0 amide bonds. The summed E-state index contributed by atoms with van der Waals surface area (Å²) in [5.41, 5.74) is 3.64. The first-order valence-corrected chi connectivity index (χ1v) is 21.7. The van der Waals surface area contributed by atoms with Crippen molar-refractivity contribution >= 4 is 11.6 Å². The molecule has 2 spiro atoms. The largest absolute Gasteiger partial charge is 0.366 e. The molecule has 9 aliphatic carbocycles. The molecule has 6 saturated carbocycles. The minimum absolute atomic E-state index is 0.0177. The fraction of sp³-hybridized carbons (Fsp3) is 0.745. The van der Waals surface area contributed by atoms with Crippen LogP contribution in [0.5, 0.6) is 0 Å². The van der Waals surface area contributed by atoms with E-state index in [1.54, 1.807) is 5.57 Å². The lowest BCUT2D eigenvalue weighted by atomic mass is 9.46. The Kier molecular flexibility index (Phi) is 8.04. The molecule has 11 rings (SSSR count). The normalized spacial score (nSPS) is 50.1. The van der Waals surface area contributed by atoms with Crippen LogP contribution in [0, 0.1) is 70.0 Å². The predicted octanol–water partition coefficient (Wildman–Crippen LogP) is 10.1. The SMILES string of the molecule is CC[C@]12CCC3C(C(C4CC4)CC4=CC(=O)CC[C@@H]43)C1CC[C@@]21C=CCO1.CC[C@]12CCC3C(C=CC4=CC(=O)CC[C@@H]43)C1CC[C@@]21C=CCO1. The van der Waals surface area contributed by atoms with Gasteiger partial charge < -0.3 is 9.47 Å². The van der Waals surface area contributed by atoms with Crippen molar-refractivity contribution in [1.82, 2.24) is 0 Å². The van der Waals surface area contributed by atoms with Gasteiger partial charge in [-0.2, -0.15) is 0 Å². The smallest absolute Gasteiger partial charge is 0.155 e. The van der Waals surface area contributed by atoms with Crippen molar-refractivity contribution in [3.63, 3.8) is 0 Å². The molecule has 11 aliphatic rings. The van der Waals surface area contributed by atoms with Crippen molar-refractivity contribution in [2.45, 2.75) is 134 Å². The van der Waals surface area contributed by atoms with Gasteiger partial charge in [0.15, 0.2) is 11.6 Å². The average Bonchev–Trinajstić information content (AvgIpc) is 3.45. The van der Waals surface area contributed by atoms with Crippen LogP contribution in [0.25, 0.3) is 0 Å². The molecule has 4 heteroatoms. The zero-order valence-corrected chi connectivity index (χ0v) is 31.5. The lowest BCUT2D eigenvalue weighted by molar-refractivity contribution is -0.135. The molecule has 2 heterocycles. The highest BCUT2D eigenvalue weighted by Crippen LogP contribution is 2.71. The Labute approximate surface area is 307 Å². The van der Waals surface area contributed by atoms with Crippen LogP contribution in [0.2, 0.25) is 0 Å². The van der Waals surface area contributed by atoms with E-state index in [2.05, 4.69) is 56.4 Å². The van der Waals surface area contributed by atoms with Crippen LogP contribution in [-0.4, -0.2) is 36.0 Å². The molecule has 0 radical (unpaired) electrons. The minimum atomic E-state index is 0.0177. The highest BCUT2D eigenvalue weighted by molar-refractivity contribution is 5.92. The Balaban J connectivity index is 0.000000129. The molecule has 7 unspecified atom stereocenters. The monoisotopic (exact) mass is 690 g/mol. The summed E-state index contributed by atoms with van der Waals surface area (Å²) < 4.78 is 12.9. The van der Waals surface area contributed by atoms with Crippen molar-refractivity contribution in [1.29, 1.82) is 0 Å². The maximum atomic E-state index is 12.1. The van der Waals surface area contributed by atoms with Crippen LogP contribution < -0.4 is 0 Å². The van der Waals surface area contributed by atoms with Crippen LogP contribution in [-0.2, 0) is 19.1 Å². The number of carbonyl (C=O) groups is 2. The number of carbonyl (C=O) groups excluding carboxylic acids is 2. The van der Waals surface area contributed by atoms with E-state index in [0.717, 1.165) is 80.3 Å². The summed E-state index contributed by atoms with van der Waals surface area (Å²) in [6, 6.07) is 0. The Morgan fingerprint density at radius 2 is 1.29 bits per heavy atom. The number of allylic oxidation sites excluding steroid dienone is 5. The molecule has 51 heavy (non-hydrogen) atoms. The minimum Gasteiger partial charge on any atom is -0.366 e. The van der Waals surface area contributed by atoms with E-state index in [1.165, 1.54) is 89.0 Å². The van der Waals surface area contributed by atoms with E-state index < -0.39 is 0 Å². The van der Waals surface area contributed by atoms with E-state index >= 15 is 0 Å². The van der Waals surface area contributed by atoms with Crippen molar-refractivity contribution in [2.24, 2.45) is 70.0 Å². The molecule has 4 nitrogen and oxygen atoms in total. The first-order valence-electron chi connectivity index (χ1n) is 21.7. The topological polar surface area (TPSA) is 52.6 Å². The Morgan fingerprint density at radius 3 is 1.94 bits per heavy atom. The first-order chi connectivity index (χ1) is 24.9. The van der Waals surface area contributed by atoms with Gasteiger partial charge in [-0.1, -0.05) is 55.9 Å². The van der Waals surface area contributed by atoms with Gasteiger partial charge in [0.2, 0.25) is 0 Å². The summed E-state index contributed by atoms with van der Waals surface area (Å²) in [6.45, 7) is 6.45. The van der Waals surface area contributed by atoms with Gasteiger partial charge in [0.1, 0.15) is 0 Å². The summed E-state index contributed by atoms with van der Waals surface area (Å²) in [4.78, 5) is 23.9. The lowest BCUT2D eigenvalue weighted by Gasteiger charge is -2.59. The molecular formula is C47H62O4. The van der Waals surface area contributed by atoms with E-state index in [0.29, 0.717) is 40.2 Å². The summed E-state index contributed by atoms with van der Waals surface area (Å²) >= 11 is 0. The molecule has 0 bridgehead atoms. The molecule has 274 valence electrons. The van der Waals surface area contributed by atoms with Crippen LogP contribution in [0.15, 0.2) is 59.8 Å². The van der Waals surface area contributed by atoms with Crippen LogP contribution in [0.3, 0.4) is 0 Å². The summed E-state index contributed by atoms with van der Waals surface area (Å²) in [7, 11) is 0. The van der Waals surface area contributed by atoms with Gasteiger partial charge in [-0.05, 0) is 173 Å². The van der Waals surface area contributed by atoms with E-state index in [1.807, 2.05) is 6.08 Å². The molecular weight excluding hydrogens is 629 g/mol. The fourth-order valence-corrected chi connectivity index (χ4v) is 16.0. The van der Waals surface area contributed by atoms with Crippen molar-refractivity contribution < 1.29 is 19.1 Å². The number of rotatable bonds is 3. The zero-order chi connectivity index (χ0) is 34.6. The van der Waals surface area contributed by atoms with Gasteiger partial charge in [-0.25, -0.2) is 0 Å². The van der Waals surface area contributed by atoms with E-state index in [4.69, 9.17) is 9.47 Å². The maximum absolute atomic E-state index is 12.1. The van der Waals surface area contributed by atoms with Gasteiger partial charge in [0.25, 0.3) is 0 Å². The van der Waals surface area contributed by atoms with Gasteiger partial charge in [0.05, 0.1) is 24.4 Å². The number of ether oxygens (including phenoxy) is 2. The summed E-state index contributed by atoms with van der Waals surface area (Å²) in [5.74, 6) is 8.62. The standard InChI is InChI=1S/C25H34O2.C22H28O2/c1-2-24-11-8-20-19-7-6-18(26)14-17(19)15-21(16-4-5-16)23(20)22(24)9-12-25(24)10-3-13-27-25;1-2-21-11-8-18-17-7-5-16(23)14-15(17)4-6-19(18)20(21)9-12-22(21)10-3-13-24-22/h3,10,14,16,19-23H,2,4-9,11-13,15H2,1H3;3-4,6,10,14,17-20H,2,5,7-9,11-13H2,1H3/t19-,20?,21?,22?,23?,24-,25-;17-,18?,19?,20?,21-,22-/m00/s1. The Bertz CT molecular complexity index is 1610. The molecule has 0 aromatic heterocycles. The van der Waals surface area contributed by atoms with Crippen molar-refractivity contribution in [3.05, 3.63) is 59.8 Å². The van der Waals surface area contributed by atoms with Crippen molar-refractivity contribution in [2.75, 3.05) is 13.2 Å². The Hall–Kier alpha value is -2.04. The van der Waals surface area contributed by atoms with Gasteiger partial charge in [-0.3, -0.25) is 9.59 Å². The van der Waals surface area contributed by atoms with E-state index in [-0.39, 0.29) is 11.2 Å². The predicted molar refractivity (Wildman–Crippen MR) is 201 cm³/mol. The highest BCUT2D eigenvalue weighted by Gasteiger charge is 2.67. The van der Waals surface area contributed by atoms with Crippen LogP contribution >= 0.6 is 0 Å². The summed E-state index contributed by atoms with van der Waals surface area (Å²) in [6.07, 6.45) is 39.0. The number of ketones is 2. The van der Waals surface area contributed by atoms with Gasteiger partial charge >= 0.3 is 0 Å². The molecule has 6 fully saturated rings. The Morgan fingerprint density at radius 1 is 0.667 bits per heavy atom.